The van der Waals surface area contributed by atoms with Gasteiger partial charge < -0.3 is 10.2 Å². The molecule has 0 bridgehead atoms. The SMILES string of the molecule is c1cc(CNCc2ccc(N3CCCCC3)cc2)[nH]n1. The lowest BCUT2D eigenvalue weighted by Crippen LogP contribution is -2.29. The van der Waals surface area contributed by atoms with E-state index in [1.54, 1.807) is 6.20 Å². The zero-order valence-corrected chi connectivity index (χ0v) is 11.8. The molecule has 0 spiro atoms. The highest BCUT2D eigenvalue weighted by atomic mass is 15.1. The van der Waals surface area contributed by atoms with Gasteiger partial charge in [0.15, 0.2) is 0 Å². The van der Waals surface area contributed by atoms with Gasteiger partial charge in [-0.2, -0.15) is 5.10 Å². The van der Waals surface area contributed by atoms with Crippen molar-refractivity contribution in [3.05, 3.63) is 47.8 Å². The maximum Gasteiger partial charge on any atom is 0.0490 e. The minimum atomic E-state index is 0.827. The Labute approximate surface area is 120 Å². The summed E-state index contributed by atoms with van der Waals surface area (Å²) in [5, 5.41) is 10.3. The van der Waals surface area contributed by atoms with Gasteiger partial charge in [0.05, 0.1) is 0 Å². The molecular weight excluding hydrogens is 248 g/mol. The van der Waals surface area contributed by atoms with Gasteiger partial charge in [-0.05, 0) is 43.0 Å². The molecule has 1 aliphatic heterocycles. The molecule has 1 saturated heterocycles. The van der Waals surface area contributed by atoms with Crippen molar-refractivity contribution in [1.29, 1.82) is 0 Å². The summed E-state index contributed by atoms with van der Waals surface area (Å²) in [4.78, 5) is 2.49. The van der Waals surface area contributed by atoms with Crippen LogP contribution in [0.1, 0.15) is 30.5 Å². The number of hydrogen-bond donors (Lipinski definition) is 2. The number of anilines is 1. The summed E-state index contributed by atoms with van der Waals surface area (Å²) in [5.74, 6) is 0. The molecule has 0 radical (unpaired) electrons. The summed E-state index contributed by atoms with van der Waals surface area (Å²) < 4.78 is 0. The minimum absolute atomic E-state index is 0.827. The largest absolute Gasteiger partial charge is 0.372 e. The number of piperidine rings is 1. The topological polar surface area (TPSA) is 44.0 Å². The van der Waals surface area contributed by atoms with E-state index in [2.05, 4.69) is 44.7 Å². The first-order chi connectivity index (χ1) is 9.92. The minimum Gasteiger partial charge on any atom is -0.372 e. The molecule has 1 fully saturated rings. The van der Waals surface area contributed by atoms with Crippen LogP contribution >= 0.6 is 0 Å². The van der Waals surface area contributed by atoms with E-state index in [1.807, 2.05) is 6.07 Å². The first-order valence-corrected chi connectivity index (χ1v) is 7.45. The Morgan fingerprint density at radius 3 is 2.50 bits per heavy atom. The molecule has 3 rings (SSSR count). The molecule has 4 nitrogen and oxygen atoms in total. The molecule has 4 heteroatoms. The molecule has 2 heterocycles. The predicted molar refractivity (Wildman–Crippen MR) is 81.6 cm³/mol. The Bertz CT molecular complexity index is 498. The maximum absolute atomic E-state index is 3.94. The van der Waals surface area contributed by atoms with Gasteiger partial charge >= 0.3 is 0 Å². The molecule has 2 aromatic rings. The molecular formula is C16H22N4. The van der Waals surface area contributed by atoms with Crippen LogP contribution in [0, 0.1) is 0 Å². The smallest absolute Gasteiger partial charge is 0.0490 e. The lowest BCUT2D eigenvalue weighted by atomic mass is 10.1. The van der Waals surface area contributed by atoms with E-state index in [4.69, 9.17) is 0 Å². The van der Waals surface area contributed by atoms with E-state index in [0.29, 0.717) is 0 Å². The molecule has 20 heavy (non-hydrogen) atoms. The molecule has 1 aliphatic rings. The lowest BCUT2D eigenvalue weighted by Gasteiger charge is -2.28. The van der Waals surface area contributed by atoms with Crippen LogP contribution in [0.5, 0.6) is 0 Å². The number of H-pyrrole nitrogens is 1. The highest BCUT2D eigenvalue weighted by Crippen LogP contribution is 2.20. The molecule has 2 N–H and O–H groups in total. The number of aromatic amines is 1. The fourth-order valence-electron chi connectivity index (χ4n) is 2.70. The van der Waals surface area contributed by atoms with Crippen molar-refractivity contribution in [3.63, 3.8) is 0 Å². The van der Waals surface area contributed by atoms with Gasteiger partial charge in [-0.3, -0.25) is 5.10 Å². The highest BCUT2D eigenvalue weighted by molar-refractivity contribution is 5.47. The fourth-order valence-corrected chi connectivity index (χ4v) is 2.70. The average molecular weight is 270 g/mol. The quantitative estimate of drug-likeness (QED) is 0.878. The van der Waals surface area contributed by atoms with E-state index in [1.165, 1.54) is 43.6 Å². The average Bonchev–Trinajstić information content (AvgIpc) is 3.02. The van der Waals surface area contributed by atoms with Gasteiger partial charge in [0.2, 0.25) is 0 Å². The lowest BCUT2D eigenvalue weighted by molar-refractivity contribution is 0.578. The number of aromatic nitrogens is 2. The molecule has 0 aliphatic carbocycles. The van der Waals surface area contributed by atoms with E-state index in [0.717, 1.165) is 18.8 Å². The standard InChI is InChI=1S/C16H22N4/c1-2-10-20(11-3-1)16-6-4-14(5-7-16)12-17-13-15-8-9-18-19-15/h4-9,17H,1-3,10-13H2,(H,18,19). The number of rotatable bonds is 5. The summed E-state index contributed by atoms with van der Waals surface area (Å²) in [6, 6.07) is 10.9. The summed E-state index contributed by atoms with van der Waals surface area (Å²) >= 11 is 0. The van der Waals surface area contributed by atoms with Crippen molar-refractivity contribution in [2.24, 2.45) is 0 Å². The summed E-state index contributed by atoms with van der Waals surface area (Å²) in [7, 11) is 0. The van der Waals surface area contributed by atoms with Gasteiger partial charge in [-0.15, -0.1) is 0 Å². The van der Waals surface area contributed by atoms with Crippen LogP contribution in [0.25, 0.3) is 0 Å². The molecule has 0 saturated carbocycles. The summed E-state index contributed by atoms with van der Waals surface area (Å²) in [6.07, 6.45) is 5.82. The molecule has 0 amide bonds. The Balaban J connectivity index is 1.50. The molecule has 0 unspecified atom stereocenters. The number of hydrogen-bond acceptors (Lipinski definition) is 3. The summed E-state index contributed by atoms with van der Waals surface area (Å²) in [5.41, 5.74) is 3.81. The normalized spacial score (nSPS) is 15.5. The molecule has 1 aromatic heterocycles. The van der Waals surface area contributed by atoms with Crippen LogP contribution in [0.4, 0.5) is 5.69 Å². The third-order valence-electron chi connectivity index (χ3n) is 3.86. The highest BCUT2D eigenvalue weighted by Gasteiger charge is 2.10. The van der Waals surface area contributed by atoms with Gasteiger partial charge in [0, 0.05) is 43.8 Å². The molecule has 1 aromatic carbocycles. The number of benzene rings is 1. The van der Waals surface area contributed by atoms with Crippen molar-refractivity contribution >= 4 is 5.69 Å². The van der Waals surface area contributed by atoms with Gasteiger partial charge in [0.25, 0.3) is 0 Å². The van der Waals surface area contributed by atoms with E-state index in [9.17, 15) is 0 Å². The Kier molecular flexibility index (Phi) is 4.33. The van der Waals surface area contributed by atoms with Crippen LogP contribution in [-0.2, 0) is 13.1 Å². The van der Waals surface area contributed by atoms with Crippen LogP contribution in [0.15, 0.2) is 36.5 Å². The van der Waals surface area contributed by atoms with Crippen molar-refractivity contribution in [3.8, 4) is 0 Å². The van der Waals surface area contributed by atoms with Crippen LogP contribution in [0.3, 0.4) is 0 Å². The maximum atomic E-state index is 3.94. The Morgan fingerprint density at radius 1 is 1.00 bits per heavy atom. The first-order valence-electron chi connectivity index (χ1n) is 7.45. The zero-order valence-electron chi connectivity index (χ0n) is 11.8. The fraction of sp³-hybridized carbons (Fsp3) is 0.438. The van der Waals surface area contributed by atoms with E-state index in [-0.39, 0.29) is 0 Å². The second-order valence-electron chi connectivity index (χ2n) is 5.40. The van der Waals surface area contributed by atoms with Crippen LogP contribution in [-0.4, -0.2) is 23.3 Å². The third-order valence-corrected chi connectivity index (χ3v) is 3.86. The van der Waals surface area contributed by atoms with Crippen LogP contribution < -0.4 is 10.2 Å². The first kappa shape index (κ1) is 13.2. The van der Waals surface area contributed by atoms with Crippen molar-refractivity contribution in [2.75, 3.05) is 18.0 Å². The third kappa shape index (κ3) is 3.39. The van der Waals surface area contributed by atoms with Gasteiger partial charge in [0.1, 0.15) is 0 Å². The zero-order chi connectivity index (χ0) is 13.6. The Morgan fingerprint density at radius 2 is 1.80 bits per heavy atom. The van der Waals surface area contributed by atoms with Crippen molar-refractivity contribution in [2.45, 2.75) is 32.4 Å². The number of nitrogens with zero attached hydrogens (tertiary/aromatic N) is 2. The molecule has 106 valence electrons. The van der Waals surface area contributed by atoms with Gasteiger partial charge in [-0.25, -0.2) is 0 Å². The van der Waals surface area contributed by atoms with Crippen molar-refractivity contribution < 1.29 is 0 Å². The number of nitrogens with one attached hydrogen (secondary N) is 2. The summed E-state index contributed by atoms with van der Waals surface area (Å²) in [6.45, 7) is 4.13. The van der Waals surface area contributed by atoms with Gasteiger partial charge in [-0.1, -0.05) is 12.1 Å². The molecule has 0 atom stereocenters. The predicted octanol–water partition coefficient (Wildman–Crippen LogP) is 2.69. The van der Waals surface area contributed by atoms with Crippen LogP contribution in [0.2, 0.25) is 0 Å². The Hall–Kier alpha value is -1.81. The monoisotopic (exact) mass is 270 g/mol. The second-order valence-corrected chi connectivity index (χ2v) is 5.40. The van der Waals surface area contributed by atoms with E-state index >= 15 is 0 Å². The van der Waals surface area contributed by atoms with Crippen molar-refractivity contribution in [1.82, 2.24) is 15.5 Å². The second kappa shape index (κ2) is 6.57. The van der Waals surface area contributed by atoms with E-state index < -0.39 is 0 Å².